The number of sulfone groups is 1. The van der Waals surface area contributed by atoms with Crippen LogP contribution in [0.25, 0.3) is 0 Å². The minimum Gasteiger partial charge on any atom is -0.490 e. The van der Waals surface area contributed by atoms with E-state index in [-0.39, 0.29) is 23.5 Å². The number of rotatable bonds is 3. The normalized spacial score (nSPS) is 22.4. The zero-order valence-electron chi connectivity index (χ0n) is 13.2. The number of hydrogen-bond donors (Lipinski definition) is 0. The summed E-state index contributed by atoms with van der Waals surface area (Å²) in [5.74, 6) is 1.26. The average Bonchev–Trinajstić information content (AvgIpc) is 2.74. The second-order valence-corrected chi connectivity index (χ2v) is 8.09. The van der Waals surface area contributed by atoms with Crippen molar-refractivity contribution in [2.24, 2.45) is 0 Å². The number of ether oxygens (including phenoxy) is 2. The molecule has 1 atom stereocenters. The molecule has 0 saturated carbocycles. The van der Waals surface area contributed by atoms with Gasteiger partial charge in [-0.3, -0.25) is 4.79 Å². The lowest BCUT2D eigenvalue weighted by Gasteiger charge is -2.27. The summed E-state index contributed by atoms with van der Waals surface area (Å²) in [6.45, 7) is 3.50. The van der Waals surface area contributed by atoms with Crippen molar-refractivity contribution in [3.8, 4) is 11.5 Å². The van der Waals surface area contributed by atoms with Crippen LogP contribution in [-0.2, 0) is 9.84 Å². The van der Waals surface area contributed by atoms with E-state index >= 15 is 0 Å². The lowest BCUT2D eigenvalue weighted by Crippen LogP contribution is -2.40. The topological polar surface area (TPSA) is 72.9 Å². The van der Waals surface area contributed by atoms with Gasteiger partial charge in [0.25, 0.3) is 5.91 Å². The number of carbonyl (C=O) groups excluding carboxylic acids is 1. The van der Waals surface area contributed by atoms with Crippen LogP contribution in [0.2, 0.25) is 0 Å². The third-order valence-corrected chi connectivity index (χ3v) is 6.00. The molecule has 0 spiro atoms. The van der Waals surface area contributed by atoms with Crippen LogP contribution in [0.15, 0.2) is 18.2 Å². The van der Waals surface area contributed by atoms with Gasteiger partial charge in [-0.1, -0.05) is 0 Å². The number of amides is 1. The summed E-state index contributed by atoms with van der Waals surface area (Å²) in [7, 11) is -3.02. The van der Waals surface area contributed by atoms with E-state index in [0.717, 1.165) is 6.42 Å². The molecule has 2 aliphatic rings. The van der Waals surface area contributed by atoms with Gasteiger partial charge in [0.15, 0.2) is 21.3 Å². The quantitative estimate of drug-likeness (QED) is 0.834. The first-order valence-corrected chi connectivity index (χ1v) is 9.73. The van der Waals surface area contributed by atoms with E-state index in [2.05, 4.69) is 0 Å². The molecular formula is C16H21NO5S. The van der Waals surface area contributed by atoms with Crippen molar-refractivity contribution in [2.45, 2.75) is 25.8 Å². The Labute approximate surface area is 136 Å². The summed E-state index contributed by atoms with van der Waals surface area (Å²) >= 11 is 0. The van der Waals surface area contributed by atoms with E-state index in [1.165, 1.54) is 0 Å². The summed E-state index contributed by atoms with van der Waals surface area (Å²) in [5.41, 5.74) is 0.500. The highest BCUT2D eigenvalue weighted by molar-refractivity contribution is 7.91. The Morgan fingerprint density at radius 3 is 2.65 bits per heavy atom. The Balaban J connectivity index is 1.82. The number of benzene rings is 1. The third kappa shape index (κ3) is 3.44. The molecule has 1 fully saturated rings. The SMILES string of the molecule is CCN(C(=O)c1ccc2c(c1)OCCCO2)C1CCS(=O)(=O)C1. The fourth-order valence-electron chi connectivity index (χ4n) is 3.05. The number of hydrogen-bond acceptors (Lipinski definition) is 5. The van der Waals surface area contributed by atoms with Crippen molar-refractivity contribution in [2.75, 3.05) is 31.3 Å². The lowest BCUT2D eigenvalue weighted by molar-refractivity contribution is 0.0708. The van der Waals surface area contributed by atoms with Crippen molar-refractivity contribution in [3.63, 3.8) is 0 Å². The van der Waals surface area contributed by atoms with Crippen LogP contribution in [0.4, 0.5) is 0 Å². The highest BCUT2D eigenvalue weighted by atomic mass is 32.2. The van der Waals surface area contributed by atoms with Gasteiger partial charge in [-0.2, -0.15) is 0 Å². The Morgan fingerprint density at radius 1 is 1.26 bits per heavy atom. The molecule has 0 bridgehead atoms. The molecule has 2 heterocycles. The molecule has 23 heavy (non-hydrogen) atoms. The maximum absolute atomic E-state index is 12.8. The van der Waals surface area contributed by atoms with Crippen molar-refractivity contribution in [3.05, 3.63) is 23.8 Å². The van der Waals surface area contributed by atoms with Crippen LogP contribution < -0.4 is 9.47 Å². The summed E-state index contributed by atoms with van der Waals surface area (Å²) in [6.07, 6.45) is 1.31. The summed E-state index contributed by atoms with van der Waals surface area (Å²) in [4.78, 5) is 14.4. The van der Waals surface area contributed by atoms with E-state index in [9.17, 15) is 13.2 Å². The second-order valence-electron chi connectivity index (χ2n) is 5.86. The minimum absolute atomic E-state index is 0.0527. The van der Waals surface area contributed by atoms with Crippen LogP contribution in [0, 0.1) is 0 Å². The molecule has 1 aromatic carbocycles. The molecule has 0 aliphatic carbocycles. The molecule has 0 N–H and O–H groups in total. The van der Waals surface area contributed by atoms with Gasteiger partial charge in [-0.05, 0) is 31.5 Å². The molecule has 7 heteroatoms. The highest BCUT2D eigenvalue weighted by Gasteiger charge is 2.34. The van der Waals surface area contributed by atoms with Gasteiger partial charge in [-0.15, -0.1) is 0 Å². The van der Waals surface area contributed by atoms with Gasteiger partial charge >= 0.3 is 0 Å². The molecule has 1 aromatic rings. The van der Waals surface area contributed by atoms with Crippen molar-refractivity contribution in [1.82, 2.24) is 4.90 Å². The van der Waals surface area contributed by atoms with Crippen molar-refractivity contribution >= 4 is 15.7 Å². The molecule has 1 unspecified atom stereocenters. The Morgan fingerprint density at radius 2 is 2.00 bits per heavy atom. The van der Waals surface area contributed by atoms with Crippen molar-refractivity contribution < 1.29 is 22.7 Å². The largest absolute Gasteiger partial charge is 0.490 e. The predicted octanol–water partition coefficient (Wildman–Crippen LogP) is 1.50. The fraction of sp³-hybridized carbons (Fsp3) is 0.562. The van der Waals surface area contributed by atoms with Crippen LogP contribution in [0.1, 0.15) is 30.1 Å². The molecule has 6 nitrogen and oxygen atoms in total. The monoisotopic (exact) mass is 339 g/mol. The molecule has 0 aromatic heterocycles. The zero-order valence-corrected chi connectivity index (χ0v) is 14.0. The maximum atomic E-state index is 12.8. The second kappa shape index (κ2) is 6.39. The van der Waals surface area contributed by atoms with Crippen LogP contribution in [-0.4, -0.2) is 56.5 Å². The van der Waals surface area contributed by atoms with E-state index in [0.29, 0.717) is 43.2 Å². The van der Waals surface area contributed by atoms with Gasteiger partial charge in [0.2, 0.25) is 0 Å². The molecular weight excluding hydrogens is 318 g/mol. The average molecular weight is 339 g/mol. The van der Waals surface area contributed by atoms with E-state index in [4.69, 9.17) is 9.47 Å². The number of carbonyl (C=O) groups is 1. The molecule has 1 saturated heterocycles. The summed E-state index contributed by atoms with van der Waals surface area (Å²) in [5, 5.41) is 0. The van der Waals surface area contributed by atoms with E-state index < -0.39 is 9.84 Å². The Bertz CT molecular complexity index is 700. The first-order valence-electron chi connectivity index (χ1n) is 7.91. The number of nitrogens with zero attached hydrogens (tertiary/aromatic N) is 1. The smallest absolute Gasteiger partial charge is 0.254 e. The van der Waals surface area contributed by atoms with Gasteiger partial charge in [0.1, 0.15) is 0 Å². The Kier molecular flexibility index (Phi) is 4.48. The van der Waals surface area contributed by atoms with Gasteiger partial charge in [-0.25, -0.2) is 8.42 Å². The lowest BCUT2D eigenvalue weighted by atomic mass is 10.1. The predicted molar refractivity (Wildman–Crippen MR) is 85.8 cm³/mol. The van der Waals surface area contributed by atoms with Gasteiger partial charge in [0.05, 0.1) is 24.7 Å². The summed E-state index contributed by atoms with van der Waals surface area (Å²) < 4.78 is 34.5. The molecule has 1 amide bonds. The molecule has 0 radical (unpaired) electrons. The number of fused-ring (bicyclic) bond motifs is 1. The van der Waals surface area contributed by atoms with Crippen molar-refractivity contribution in [1.29, 1.82) is 0 Å². The van der Waals surface area contributed by atoms with Crippen LogP contribution >= 0.6 is 0 Å². The van der Waals surface area contributed by atoms with Crippen LogP contribution in [0.3, 0.4) is 0 Å². The minimum atomic E-state index is -3.02. The molecule has 2 aliphatic heterocycles. The third-order valence-electron chi connectivity index (χ3n) is 4.25. The molecule has 126 valence electrons. The summed E-state index contributed by atoms with van der Waals surface area (Å²) in [6, 6.07) is 4.90. The first-order chi connectivity index (χ1) is 11.0. The fourth-order valence-corrected chi connectivity index (χ4v) is 4.78. The van der Waals surface area contributed by atoms with Gasteiger partial charge < -0.3 is 14.4 Å². The van der Waals surface area contributed by atoms with E-state index in [1.807, 2.05) is 6.92 Å². The molecule has 3 rings (SSSR count). The zero-order chi connectivity index (χ0) is 16.4. The first kappa shape index (κ1) is 16.1. The van der Waals surface area contributed by atoms with Gasteiger partial charge in [0, 0.05) is 24.6 Å². The van der Waals surface area contributed by atoms with Crippen LogP contribution in [0.5, 0.6) is 11.5 Å². The Hall–Kier alpha value is -1.76. The van der Waals surface area contributed by atoms with E-state index in [1.54, 1.807) is 23.1 Å². The highest BCUT2D eigenvalue weighted by Crippen LogP contribution is 2.31. The maximum Gasteiger partial charge on any atom is 0.254 e. The standard InChI is InChI=1S/C16H21NO5S/c1-2-17(13-6-9-23(19,20)11-13)16(18)12-4-5-14-15(10-12)22-8-3-7-21-14/h4-5,10,13H,2-3,6-9,11H2,1H3.